The number of aromatic nitrogens is 1. The number of amides is 1. The number of nitrogens with zero attached hydrogens (tertiary/aromatic N) is 2. The van der Waals surface area contributed by atoms with E-state index in [1.165, 1.54) is 19.3 Å². The summed E-state index contributed by atoms with van der Waals surface area (Å²) in [6, 6.07) is 9.74. The summed E-state index contributed by atoms with van der Waals surface area (Å²) in [5, 5.41) is 4.92. The van der Waals surface area contributed by atoms with Gasteiger partial charge in [-0.3, -0.25) is 4.79 Å². The van der Waals surface area contributed by atoms with Gasteiger partial charge in [-0.25, -0.2) is 0 Å². The molecule has 1 amide bonds. The highest BCUT2D eigenvalue weighted by Crippen LogP contribution is 2.35. The maximum atomic E-state index is 13.0. The maximum Gasteiger partial charge on any atom is 0.292 e. The second-order valence-corrected chi connectivity index (χ2v) is 7.60. The van der Waals surface area contributed by atoms with Crippen molar-refractivity contribution >= 4 is 17.5 Å². The van der Waals surface area contributed by atoms with Gasteiger partial charge in [0.25, 0.3) is 5.91 Å². The summed E-state index contributed by atoms with van der Waals surface area (Å²) in [5.41, 5.74) is 2.08. The number of rotatable bonds is 3. The van der Waals surface area contributed by atoms with Crippen molar-refractivity contribution in [2.24, 2.45) is 0 Å². The lowest BCUT2D eigenvalue weighted by Crippen LogP contribution is -2.30. The summed E-state index contributed by atoms with van der Waals surface area (Å²) < 4.78 is 5.43. The Morgan fingerprint density at radius 2 is 1.84 bits per heavy atom. The Kier molecular flexibility index (Phi) is 4.80. The lowest BCUT2D eigenvalue weighted by atomic mass is 9.87. The van der Waals surface area contributed by atoms with Crippen molar-refractivity contribution in [1.29, 1.82) is 0 Å². The van der Waals surface area contributed by atoms with E-state index in [0.717, 1.165) is 43.5 Å². The number of carbonyl (C=O) groups is 1. The Balaban J connectivity index is 1.51. The Morgan fingerprint density at radius 1 is 1.08 bits per heavy atom. The molecule has 25 heavy (non-hydrogen) atoms. The maximum absolute atomic E-state index is 13.0. The summed E-state index contributed by atoms with van der Waals surface area (Å²) >= 11 is 5.99. The Hall–Kier alpha value is -1.81. The number of likely N-dealkylation sites (tertiary alicyclic amines) is 1. The fourth-order valence-electron chi connectivity index (χ4n) is 4.16. The lowest BCUT2D eigenvalue weighted by Gasteiger charge is -2.24. The van der Waals surface area contributed by atoms with Gasteiger partial charge >= 0.3 is 0 Å². The molecule has 1 aromatic heterocycles. The molecule has 0 bridgehead atoms. The topological polar surface area (TPSA) is 46.3 Å². The summed E-state index contributed by atoms with van der Waals surface area (Å²) in [6.45, 7) is 0.756. The van der Waals surface area contributed by atoms with Crippen molar-refractivity contribution in [1.82, 2.24) is 10.1 Å². The first-order valence-corrected chi connectivity index (χ1v) is 9.63. The molecule has 0 N–H and O–H groups in total. The van der Waals surface area contributed by atoms with Gasteiger partial charge in [-0.05, 0) is 43.4 Å². The number of benzene rings is 1. The van der Waals surface area contributed by atoms with E-state index in [-0.39, 0.29) is 11.9 Å². The Labute approximate surface area is 153 Å². The zero-order valence-corrected chi connectivity index (χ0v) is 15.0. The molecular weight excluding hydrogens is 336 g/mol. The van der Waals surface area contributed by atoms with Crippen molar-refractivity contribution in [3.63, 3.8) is 0 Å². The van der Waals surface area contributed by atoms with Crippen LogP contribution in [0.5, 0.6) is 0 Å². The van der Waals surface area contributed by atoms with Gasteiger partial charge < -0.3 is 9.42 Å². The SMILES string of the molecule is O=C(c1cc(C2CCCCC2)no1)N1CCC[C@@H]1c1ccc(Cl)cc1. The molecule has 4 nitrogen and oxygen atoms in total. The molecule has 2 fully saturated rings. The molecule has 0 unspecified atom stereocenters. The Morgan fingerprint density at radius 3 is 2.60 bits per heavy atom. The molecule has 0 spiro atoms. The molecule has 1 saturated heterocycles. The normalized spacial score (nSPS) is 21.6. The van der Waals surface area contributed by atoms with E-state index in [1.54, 1.807) is 0 Å². The van der Waals surface area contributed by atoms with Crippen LogP contribution in [0.15, 0.2) is 34.9 Å². The molecule has 1 aromatic carbocycles. The fraction of sp³-hybridized carbons (Fsp3) is 0.500. The van der Waals surface area contributed by atoms with Crippen LogP contribution in [0.4, 0.5) is 0 Å². The molecule has 2 aromatic rings. The van der Waals surface area contributed by atoms with Crippen LogP contribution in [0.2, 0.25) is 5.02 Å². The molecule has 1 saturated carbocycles. The first-order chi connectivity index (χ1) is 12.2. The van der Waals surface area contributed by atoms with Crippen molar-refractivity contribution < 1.29 is 9.32 Å². The van der Waals surface area contributed by atoms with Crippen molar-refractivity contribution in [3.8, 4) is 0 Å². The van der Waals surface area contributed by atoms with Crippen molar-refractivity contribution in [2.75, 3.05) is 6.54 Å². The molecular formula is C20H23ClN2O2. The Bertz CT molecular complexity index is 734. The minimum absolute atomic E-state index is 0.0491. The van der Waals surface area contributed by atoms with Crippen LogP contribution in [0.25, 0.3) is 0 Å². The highest BCUT2D eigenvalue weighted by molar-refractivity contribution is 6.30. The molecule has 5 heteroatoms. The summed E-state index contributed by atoms with van der Waals surface area (Å²) in [7, 11) is 0. The van der Waals surface area contributed by atoms with Crippen LogP contribution in [0, 0.1) is 0 Å². The van der Waals surface area contributed by atoms with Crippen LogP contribution >= 0.6 is 11.6 Å². The standard InChI is InChI=1S/C20H23ClN2O2/c21-16-10-8-15(9-11-16)18-7-4-12-23(18)20(24)19-13-17(22-25-19)14-5-2-1-3-6-14/h8-11,13-14,18H,1-7,12H2/t18-/m1/s1. The van der Waals surface area contributed by atoms with Crippen LogP contribution in [0.1, 0.15) is 78.7 Å². The van der Waals surface area contributed by atoms with Gasteiger partial charge in [-0.2, -0.15) is 0 Å². The molecule has 2 heterocycles. The third-order valence-corrected chi connectivity index (χ3v) is 5.78. The van der Waals surface area contributed by atoms with Crippen molar-refractivity contribution in [2.45, 2.75) is 56.9 Å². The van der Waals surface area contributed by atoms with Crippen LogP contribution in [-0.4, -0.2) is 22.5 Å². The molecule has 4 rings (SSSR count). The van der Waals surface area contributed by atoms with Gasteiger partial charge in [-0.1, -0.05) is 48.2 Å². The quantitative estimate of drug-likeness (QED) is 0.742. The monoisotopic (exact) mass is 358 g/mol. The second kappa shape index (κ2) is 7.20. The minimum Gasteiger partial charge on any atom is -0.351 e. The van der Waals surface area contributed by atoms with Crippen molar-refractivity contribution in [3.05, 3.63) is 52.4 Å². The van der Waals surface area contributed by atoms with E-state index >= 15 is 0 Å². The first-order valence-electron chi connectivity index (χ1n) is 9.25. The predicted molar refractivity (Wildman–Crippen MR) is 96.8 cm³/mol. The van der Waals surface area contributed by atoms with Gasteiger partial charge in [0.15, 0.2) is 0 Å². The van der Waals surface area contributed by atoms with Gasteiger partial charge in [-0.15, -0.1) is 0 Å². The van der Waals surface area contributed by atoms with Crippen LogP contribution < -0.4 is 0 Å². The molecule has 2 aliphatic rings. The second-order valence-electron chi connectivity index (χ2n) is 7.16. The molecule has 1 aliphatic carbocycles. The van der Waals surface area contributed by atoms with E-state index in [4.69, 9.17) is 16.1 Å². The van der Waals surface area contributed by atoms with Gasteiger partial charge in [0.2, 0.25) is 5.76 Å². The third-order valence-electron chi connectivity index (χ3n) is 5.53. The zero-order chi connectivity index (χ0) is 17.2. The number of halogens is 1. The number of hydrogen-bond acceptors (Lipinski definition) is 3. The van der Waals surface area contributed by atoms with Crippen LogP contribution in [0.3, 0.4) is 0 Å². The minimum atomic E-state index is -0.0491. The van der Waals surface area contributed by atoms with E-state index in [2.05, 4.69) is 5.16 Å². The third kappa shape index (κ3) is 3.45. The highest BCUT2D eigenvalue weighted by atomic mass is 35.5. The van der Waals surface area contributed by atoms with E-state index in [0.29, 0.717) is 16.7 Å². The molecule has 1 aliphatic heterocycles. The average molecular weight is 359 g/mol. The van der Waals surface area contributed by atoms with E-state index in [9.17, 15) is 4.79 Å². The van der Waals surface area contributed by atoms with E-state index in [1.807, 2.05) is 35.2 Å². The van der Waals surface area contributed by atoms with E-state index < -0.39 is 0 Å². The largest absolute Gasteiger partial charge is 0.351 e. The zero-order valence-electron chi connectivity index (χ0n) is 14.3. The van der Waals surface area contributed by atoms with Crippen LogP contribution in [-0.2, 0) is 0 Å². The van der Waals surface area contributed by atoms with Gasteiger partial charge in [0, 0.05) is 23.6 Å². The molecule has 1 atom stereocenters. The number of hydrogen-bond donors (Lipinski definition) is 0. The smallest absolute Gasteiger partial charge is 0.292 e. The fourth-order valence-corrected chi connectivity index (χ4v) is 4.29. The first kappa shape index (κ1) is 16.6. The lowest BCUT2D eigenvalue weighted by molar-refractivity contribution is 0.0693. The number of carbonyl (C=O) groups excluding carboxylic acids is 1. The average Bonchev–Trinajstić information content (AvgIpc) is 3.32. The summed E-state index contributed by atoms with van der Waals surface area (Å²) in [5.74, 6) is 0.776. The summed E-state index contributed by atoms with van der Waals surface area (Å²) in [4.78, 5) is 14.9. The highest BCUT2D eigenvalue weighted by Gasteiger charge is 2.33. The molecule has 132 valence electrons. The summed E-state index contributed by atoms with van der Waals surface area (Å²) in [6.07, 6.45) is 8.06. The predicted octanol–water partition coefficient (Wildman–Crippen LogP) is 5.35. The van der Waals surface area contributed by atoms with Gasteiger partial charge in [0.1, 0.15) is 0 Å². The van der Waals surface area contributed by atoms with Gasteiger partial charge in [0.05, 0.1) is 11.7 Å². The molecule has 0 radical (unpaired) electrons.